The molecule has 0 bridgehead atoms. The number of rotatable bonds is 4. The van der Waals surface area contributed by atoms with Crippen LogP contribution in [0.4, 0.5) is 0 Å². The summed E-state index contributed by atoms with van der Waals surface area (Å²) in [5.41, 5.74) is 0.992. The monoisotopic (exact) mass is 302 g/mol. The van der Waals surface area contributed by atoms with Crippen LogP contribution in [0.15, 0.2) is 24.5 Å². The van der Waals surface area contributed by atoms with E-state index in [0.29, 0.717) is 32.5 Å². The Morgan fingerprint density at radius 2 is 2.41 bits per heavy atom. The van der Waals surface area contributed by atoms with Crippen LogP contribution in [0.3, 0.4) is 0 Å². The number of carbonyl (C=O) groups excluding carboxylic acids is 1. The van der Waals surface area contributed by atoms with Gasteiger partial charge >= 0.3 is 0 Å². The second-order valence-corrected chi connectivity index (χ2v) is 5.07. The average Bonchev–Trinajstić information content (AvgIpc) is 2.97. The molecule has 1 aromatic carbocycles. The van der Waals surface area contributed by atoms with Crippen molar-refractivity contribution in [1.82, 2.24) is 20.1 Å². The van der Waals surface area contributed by atoms with E-state index in [4.69, 9.17) is 9.47 Å². The van der Waals surface area contributed by atoms with Crippen LogP contribution in [-0.2, 0) is 17.8 Å². The molecule has 0 aliphatic carbocycles. The molecule has 2 heterocycles. The minimum absolute atomic E-state index is 0.0867. The number of nitrogens with zero attached hydrogens (tertiary/aromatic N) is 3. The zero-order chi connectivity index (χ0) is 15.4. The highest BCUT2D eigenvalue weighted by atomic mass is 16.5. The normalized spacial score (nSPS) is 14.0. The summed E-state index contributed by atoms with van der Waals surface area (Å²) in [6, 6.07) is 5.68. The summed E-state index contributed by atoms with van der Waals surface area (Å²) in [6.07, 6.45) is 2.41. The first-order valence-corrected chi connectivity index (χ1v) is 7.18. The van der Waals surface area contributed by atoms with E-state index in [1.807, 2.05) is 23.1 Å². The maximum absolute atomic E-state index is 12.4. The third-order valence-corrected chi connectivity index (χ3v) is 3.65. The SMILES string of the molecule is COc1ccc2c(c1)OCCN(C(=O)CCc1ncn[nH]1)C2. The molecule has 3 rings (SSSR count). The average molecular weight is 302 g/mol. The van der Waals surface area contributed by atoms with Crippen LogP contribution in [-0.4, -0.2) is 46.2 Å². The van der Waals surface area contributed by atoms with Crippen molar-refractivity contribution in [1.29, 1.82) is 0 Å². The fourth-order valence-electron chi connectivity index (χ4n) is 2.42. The van der Waals surface area contributed by atoms with Gasteiger partial charge in [-0.05, 0) is 12.1 Å². The van der Waals surface area contributed by atoms with Crippen LogP contribution in [0.1, 0.15) is 17.8 Å². The topological polar surface area (TPSA) is 80.3 Å². The van der Waals surface area contributed by atoms with Gasteiger partial charge in [-0.25, -0.2) is 4.98 Å². The fraction of sp³-hybridized carbons (Fsp3) is 0.400. The van der Waals surface area contributed by atoms with Gasteiger partial charge in [0.15, 0.2) is 0 Å². The number of amides is 1. The van der Waals surface area contributed by atoms with E-state index in [0.717, 1.165) is 22.9 Å². The number of hydrogen-bond donors (Lipinski definition) is 1. The van der Waals surface area contributed by atoms with E-state index in [1.165, 1.54) is 6.33 Å². The standard InChI is InChI=1S/C15H18N4O3/c1-21-12-3-2-11-9-19(6-7-22-13(11)8-12)15(20)5-4-14-16-10-17-18-14/h2-3,8,10H,4-7,9H2,1H3,(H,16,17,18). The van der Waals surface area contributed by atoms with Crippen molar-refractivity contribution in [3.8, 4) is 11.5 Å². The molecule has 22 heavy (non-hydrogen) atoms. The van der Waals surface area contributed by atoms with Crippen LogP contribution < -0.4 is 9.47 Å². The molecule has 116 valence electrons. The van der Waals surface area contributed by atoms with Crippen molar-refractivity contribution < 1.29 is 14.3 Å². The Bertz CT molecular complexity index is 642. The Hall–Kier alpha value is -2.57. The lowest BCUT2D eigenvalue weighted by molar-refractivity contribution is -0.131. The van der Waals surface area contributed by atoms with E-state index in [-0.39, 0.29) is 5.91 Å². The smallest absolute Gasteiger partial charge is 0.223 e. The lowest BCUT2D eigenvalue weighted by Gasteiger charge is -2.19. The number of hydrogen-bond acceptors (Lipinski definition) is 5. The summed E-state index contributed by atoms with van der Waals surface area (Å²) in [4.78, 5) is 18.2. The first-order valence-electron chi connectivity index (χ1n) is 7.18. The number of ether oxygens (including phenoxy) is 2. The predicted molar refractivity (Wildman–Crippen MR) is 78.6 cm³/mol. The van der Waals surface area contributed by atoms with Gasteiger partial charge in [-0.15, -0.1) is 0 Å². The summed E-state index contributed by atoms with van der Waals surface area (Å²) in [6.45, 7) is 1.61. The number of benzene rings is 1. The quantitative estimate of drug-likeness (QED) is 0.917. The highest BCUT2D eigenvalue weighted by Gasteiger charge is 2.20. The number of fused-ring (bicyclic) bond motifs is 1. The Morgan fingerprint density at radius 3 is 3.18 bits per heavy atom. The largest absolute Gasteiger partial charge is 0.497 e. The molecular weight excluding hydrogens is 284 g/mol. The van der Waals surface area contributed by atoms with E-state index in [2.05, 4.69) is 15.2 Å². The second-order valence-electron chi connectivity index (χ2n) is 5.07. The molecule has 7 nitrogen and oxygen atoms in total. The highest BCUT2D eigenvalue weighted by Crippen LogP contribution is 2.28. The number of aromatic amines is 1. The van der Waals surface area contributed by atoms with Crippen molar-refractivity contribution in [3.63, 3.8) is 0 Å². The Kier molecular flexibility index (Phi) is 4.22. The van der Waals surface area contributed by atoms with Crippen LogP contribution in [0.25, 0.3) is 0 Å². The Morgan fingerprint density at radius 1 is 1.50 bits per heavy atom. The lowest BCUT2D eigenvalue weighted by Crippen LogP contribution is -2.32. The summed E-state index contributed by atoms with van der Waals surface area (Å²) in [5.74, 6) is 2.35. The van der Waals surface area contributed by atoms with Crippen molar-refractivity contribution in [2.24, 2.45) is 0 Å². The Balaban J connectivity index is 1.65. The van der Waals surface area contributed by atoms with Crippen molar-refractivity contribution in [2.75, 3.05) is 20.3 Å². The molecule has 0 atom stereocenters. The van der Waals surface area contributed by atoms with E-state index in [1.54, 1.807) is 7.11 Å². The number of nitrogens with one attached hydrogen (secondary N) is 1. The van der Waals surface area contributed by atoms with Crippen LogP contribution in [0, 0.1) is 0 Å². The first-order chi connectivity index (χ1) is 10.8. The molecule has 1 aromatic heterocycles. The minimum Gasteiger partial charge on any atom is -0.497 e. The van der Waals surface area contributed by atoms with Crippen molar-refractivity contribution >= 4 is 5.91 Å². The van der Waals surface area contributed by atoms with E-state index >= 15 is 0 Å². The van der Waals surface area contributed by atoms with Gasteiger partial charge in [0.1, 0.15) is 30.3 Å². The maximum Gasteiger partial charge on any atom is 0.223 e. The third-order valence-electron chi connectivity index (χ3n) is 3.65. The molecule has 0 saturated carbocycles. The zero-order valence-corrected chi connectivity index (χ0v) is 12.4. The number of methoxy groups -OCH3 is 1. The number of carbonyl (C=O) groups is 1. The zero-order valence-electron chi connectivity index (χ0n) is 12.4. The summed E-state index contributed by atoms with van der Waals surface area (Å²) >= 11 is 0. The predicted octanol–water partition coefficient (Wildman–Crippen LogP) is 1.17. The molecule has 1 aliphatic rings. The summed E-state index contributed by atoms with van der Waals surface area (Å²) in [5, 5.41) is 6.55. The molecule has 2 aromatic rings. The van der Waals surface area contributed by atoms with Gasteiger partial charge < -0.3 is 14.4 Å². The molecule has 7 heteroatoms. The van der Waals surface area contributed by atoms with Gasteiger partial charge in [0.05, 0.1) is 13.7 Å². The number of aryl methyl sites for hydroxylation is 1. The second kappa shape index (κ2) is 6.46. The molecule has 0 fully saturated rings. The van der Waals surface area contributed by atoms with Gasteiger partial charge in [-0.3, -0.25) is 9.89 Å². The van der Waals surface area contributed by atoms with Crippen LogP contribution >= 0.6 is 0 Å². The van der Waals surface area contributed by atoms with Crippen molar-refractivity contribution in [3.05, 3.63) is 35.9 Å². The molecule has 0 spiro atoms. The summed E-state index contributed by atoms with van der Waals surface area (Å²) < 4.78 is 10.9. The van der Waals surface area contributed by atoms with Crippen LogP contribution in [0.5, 0.6) is 11.5 Å². The molecule has 1 amide bonds. The fourth-order valence-corrected chi connectivity index (χ4v) is 2.42. The number of H-pyrrole nitrogens is 1. The van der Waals surface area contributed by atoms with Gasteiger partial charge in [-0.2, -0.15) is 5.10 Å². The van der Waals surface area contributed by atoms with Gasteiger partial charge in [0, 0.05) is 31.0 Å². The molecule has 0 unspecified atom stereocenters. The molecule has 1 N–H and O–H groups in total. The third kappa shape index (κ3) is 3.19. The molecule has 0 radical (unpaired) electrons. The van der Waals surface area contributed by atoms with Gasteiger partial charge in [-0.1, -0.05) is 0 Å². The molecule has 1 aliphatic heterocycles. The van der Waals surface area contributed by atoms with E-state index in [9.17, 15) is 4.79 Å². The van der Waals surface area contributed by atoms with Crippen LogP contribution in [0.2, 0.25) is 0 Å². The Labute approximate surface area is 128 Å². The lowest BCUT2D eigenvalue weighted by atomic mass is 10.1. The maximum atomic E-state index is 12.4. The molecule has 0 saturated heterocycles. The minimum atomic E-state index is 0.0867. The van der Waals surface area contributed by atoms with Gasteiger partial charge in [0.25, 0.3) is 0 Å². The van der Waals surface area contributed by atoms with Crippen molar-refractivity contribution in [2.45, 2.75) is 19.4 Å². The molecular formula is C15H18N4O3. The van der Waals surface area contributed by atoms with E-state index < -0.39 is 0 Å². The highest BCUT2D eigenvalue weighted by molar-refractivity contribution is 5.76. The summed E-state index contributed by atoms with van der Waals surface area (Å²) in [7, 11) is 1.62. The van der Waals surface area contributed by atoms with Gasteiger partial charge in [0.2, 0.25) is 5.91 Å². The first kappa shape index (κ1) is 14.4. The number of aromatic nitrogens is 3.